The van der Waals surface area contributed by atoms with E-state index in [9.17, 15) is 13.2 Å². The van der Waals surface area contributed by atoms with Crippen LogP contribution in [0.4, 0.5) is 0 Å². The van der Waals surface area contributed by atoms with Crippen molar-refractivity contribution in [2.75, 3.05) is 12.3 Å². The first-order chi connectivity index (χ1) is 6.99. The zero-order chi connectivity index (χ0) is 11.1. The molecule has 1 N–H and O–H groups in total. The third-order valence-corrected chi connectivity index (χ3v) is 5.41. The fraction of sp³-hybridized carbons (Fsp3) is 0.889. The maximum Gasteiger partial charge on any atom is 0.325 e. The summed E-state index contributed by atoms with van der Waals surface area (Å²) < 4.78 is 24.8. The van der Waals surface area contributed by atoms with Crippen LogP contribution in [0.1, 0.15) is 32.1 Å². The molecule has 1 aliphatic carbocycles. The molecule has 1 heterocycles. The summed E-state index contributed by atoms with van der Waals surface area (Å²) in [5.41, 5.74) is -1.11. The van der Waals surface area contributed by atoms with Crippen molar-refractivity contribution in [3.63, 3.8) is 0 Å². The molecule has 0 radical (unpaired) electrons. The summed E-state index contributed by atoms with van der Waals surface area (Å²) in [7, 11) is -3.33. The molecule has 0 spiro atoms. The predicted octanol–water partition coefficient (Wildman–Crippen LogP) is 0.419. The van der Waals surface area contributed by atoms with E-state index in [0.29, 0.717) is 25.8 Å². The Labute approximate surface area is 89.1 Å². The number of hydrogen-bond acceptors (Lipinski definition) is 3. The minimum Gasteiger partial charge on any atom is -0.480 e. The molecule has 0 aromatic heterocycles. The SMILES string of the molecule is O=C(O)C1(N2CCCCS2(=O)=O)CCC1. The van der Waals surface area contributed by atoms with Crippen LogP contribution in [0.3, 0.4) is 0 Å². The summed E-state index contributed by atoms with van der Waals surface area (Å²) in [5, 5.41) is 9.16. The van der Waals surface area contributed by atoms with Gasteiger partial charge in [-0.05, 0) is 32.1 Å². The van der Waals surface area contributed by atoms with Gasteiger partial charge in [0, 0.05) is 6.54 Å². The van der Waals surface area contributed by atoms with E-state index in [4.69, 9.17) is 5.11 Å². The highest BCUT2D eigenvalue weighted by molar-refractivity contribution is 7.89. The Bertz CT molecular complexity index is 372. The highest BCUT2D eigenvalue weighted by Crippen LogP contribution is 2.41. The number of sulfonamides is 1. The Kier molecular flexibility index (Phi) is 2.50. The second kappa shape index (κ2) is 3.45. The lowest BCUT2D eigenvalue weighted by atomic mass is 9.76. The van der Waals surface area contributed by atoms with Crippen molar-refractivity contribution in [1.29, 1.82) is 0 Å². The van der Waals surface area contributed by atoms with Crippen LogP contribution in [0.25, 0.3) is 0 Å². The molecule has 86 valence electrons. The van der Waals surface area contributed by atoms with Crippen LogP contribution >= 0.6 is 0 Å². The first kappa shape index (κ1) is 10.9. The van der Waals surface area contributed by atoms with Crippen LogP contribution in [0, 0.1) is 0 Å². The van der Waals surface area contributed by atoms with Gasteiger partial charge in [-0.1, -0.05) is 0 Å². The van der Waals surface area contributed by atoms with Crippen molar-refractivity contribution >= 4 is 16.0 Å². The second-order valence-electron chi connectivity index (χ2n) is 4.29. The molecule has 0 unspecified atom stereocenters. The van der Waals surface area contributed by atoms with Gasteiger partial charge in [0.1, 0.15) is 5.54 Å². The van der Waals surface area contributed by atoms with Gasteiger partial charge >= 0.3 is 5.97 Å². The molecule has 1 saturated heterocycles. The molecule has 0 aromatic rings. The lowest BCUT2D eigenvalue weighted by Gasteiger charge is -2.47. The number of nitrogens with zero attached hydrogens (tertiary/aromatic N) is 1. The van der Waals surface area contributed by atoms with E-state index in [1.165, 1.54) is 4.31 Å². The third kappa shape index (κ3) is 1.56. The van der Waals surface area contributed by atoms with Crippen molar-refractivity contribution < 1.29 is 18.3 Å². The fourth-order valence-electron chi connectivity index (χ4n) is 2.35. The van der Waals surface area contributed by atoms with E-state index in [1.54, 1.807) is 0 Å². The van der Waals surface area contributed by atoms with Gasteiger partial charge in [-0.2, -0.15) is 4.31 Å². The van der Waals surface area contributed by atoms with Gasteiger partial charge in [-0.15, -0.1) is 0 Å². The second-order valence-corrected chi connectivity index (χ2v) is 6.30. The lowest BCUT2D eigenvalue weighted by molar-refractivity contribution is -0.153. The minimum absolute atomic E-state index is 0.0992. The van der Waals surface area contributed by atoms with E-state index < -0.39 is 21.5 Å². The van der Waals surface area contributed by atoms with Gasteiger partial charge in [0.05, 0.1) is 5.75 Å². The predicted molar refractivity (Wildman–Crippen MR) is 53.9 cm³/mol. The standard InChI is InChI=1S/C9H15NO4S/c11-8(12)9(4-3-5-9)10-6-1-2-7-15(10,13)14/h1-7H2,(H,11,12). The highest BCUT2D eigenvalue weighted by atomic mass is 32.2. The zero-order valence-electron chi connectivity index (χ0n) is 8.48. The average molecular weight is 233 g/mol. The summed E-state index contributed by atoms with van der Waals surface area (Å²) in [6, 6.07) is 0. The van der Waals surface area contributed by atoms with Crippen molar-refractivity contribution in [3.8, 4) is 0 Å². The molecular formula is C9H15NO4S. The maximum absolute atomic E-state index is 11.8. The molecule has 0 bridgehead atoms. The van der Waals surface area contributed by atoms with Crippen LogP contribution in [-0.2, 0) is 14.8 Å². The van der Waals surface area contributed by atoms with Crippen LogP contribution in [0.5, 0.6) is 0 Å². The molecule has 1 aliphatic heterocycles. The number of hydrogen-bond donors (Lipinski definition) is 1. The Hall–Kier alpha value is -0.620. The minimum atomic E-state index is -3.33. The van der Waals surface area contributed by atoms with Crippen molar-refractivity contribution in [3.05, 3.63) is 0 Å². The summed E-state index contributed by atoms with van der Waals surface area (Å²) >= 11 is 0. The summed E-state index contributed by atoms with van der Waals surface area (Å²) in [6.45, 7) is 0.370. The monoisotopic (exact) mass is 233 g/mol. The van der Waals surface area contributed by atoms with Gasteiger partial charge in [-0.3, -0.25) is 4.79 Å². The van der Waals surface area contributed by atoms with Gasteiger partial charge in [0.25, 0.3) is 0 Å². The number of carboxylic acids is 1. The normalized spacial score (nSPS) is 29.3. The Morgan fingerprint density at radius 2 is 1.87 bits per heavy atom. The summed E-state index contributed by atoms with van der Waals surface area (Å²) in [6.07, 6.45) is 3.14. The molecule has 1 saturated carbocycles. The van der Waals surface area contributed by atoms with E-state index in [-0.39, 0.29) is 5.75 Å². The number of carboxylic acid groups (broad SMARTS) is 1. The molecule has 15 heavy (non-hydrogen) atoms. The molecule has 2 fully saturated rings. The van der Waals surface area contributed by atoms with Gasteiger partial charge in [-0.25, -0.2) is 8.42 Å². The van der Waals surface area contributed by atoms with E-state index >= 15 is 0 Å². The fourth-order valence-corrected chi connectivity index (χ4v) is 4.34. The first-order valence-electron chi connectivity index (χ1n) is 5.23. The molecule has 0 atom stereocenters. The quantitative estimate of drug-likeness (QED) is 0.750. The summed E-state index contributed by atoms with van der Waals surface area (Å²) in [5.74, 6) is -0.888. The van der Waals surface area contributed by atoms with E-state index in [0.717, 1.165) is 12.8 Å². The molecule has 5 nitrogen and oxygen atoms in total. The number of aliphatic carboxylic acids is 1. The van der Waals surface area contributed by atoms with Crippen LogP contribution in [-0.4, -0.2) is 41.6 Å². The molecule has 0 amide bonds. The zero-order valence-corrected chi connectivity index (χ0v) is 9.29. The highest BCUT2D eigenvalue weighted by Gasteiger charge is 2.54. The largest absolute Gasteiger partial charge is 0.480 e. The Balaban J connectivity index is 2.31. The van der Waals surface area contributed by atoms with Crippen molar-refractivity contribution in [2.45, 2.75) is 37.6 Å². The number of carbonyl (C=O) groups is 1. The van der Waals surface area contributed by atoms with Crippen LogP contribution < -0.4 is 0 Å². The topological polar surface area (TPSA) is 74.7 Å². The Morgan fingerprint density at radius 1 is 1.20 bits per heavy atom. The lowest BCUT2D eigenvalue weighted by Crippen LogP contribution is -2.62. The average Bonchev–Trinajstić information content (AvgIpc) is 2.04. The maximum atomic E-state index is 11.8. The van der Waals surface area contributed by atoms with Gasteiger partial charge < -0.3 is 5.11 Å². The van der Waals surface area contributed by atoms with E-state index in [2.05, 4.69) is 0 Å². The van der Waals surface area contributed by atoms with Gasteiger partial charge in [0.15, 0.2) is 0 Å². The smallest absolute Gasteiger partial charge is 0.325 e. The molecule has 0 aromatic carbocycles. The molecular weight excluding hydrogens is 218 g/mol. The molecule has 2 rings (SSSR count). The van der Waals surface area contributed by atoms with Crippen LogP contribution in [0.15, 0.2) is 0 Å². The third-order valence-electron chi connectivity index (χ3n) is 3.41. The molecule has 6 heteroatoms. The van der Waals surface area contributed by atoms with Gasteiger partial charge in [0.2, 0.25) is 10.0 Å². The molecule has 2 aliphatic rings. The van der Waals surface area contributed by atoms with Crippen molar-refractivity contribution in [2.24, 2.45) is 0 Å². The first-order valence-corrected chi connectivity index (χ1v) is 6.84. The Morgan fingerprint density at radius 3 is 2.27 bits per heavy atom. The summed E-state index contributed by atoms with van der Waals surface area (Å²) in [4.78, 5) is 11.2. The van der Waals surface area contributed by atoms with E-state index in [1.807, 2.05) is 0 Å². The van der Waals surface area contributed by atoms with Crippen molar-refractivity contribution in [1.82, 2.24) is 4.31 Å². The number of rotatable bonds is 2. The van der Waals surface area contributed by atoms with Crippen LogP contribution in [0.2, 0.25) is 0 Å².